The summed E-state index contributed by atoms with van der Waals surface area (Å²) < 4.78 is 10.4. The molecule has 0 aliphatic carbocycles. The molecule has 0 saturated carbocycles. The maximum Gasteiger partial charge on any atom is 0.337 e. The van der Waals surface area contributed by atoms with Gasteiger partial charge in [0.25, 0.3) is 0 Å². The number of hydrogen-bond acceptors (Lipinski definition) is 5. The molecule has 3 aromatic carbocycles. The molecule has 0 spiro atoms. The second-order valence-corrected chi connectivity index (χ2v) is 8.72. The zero-order chi connectivity index (χ0) is 24.4. The summed E-state index contributed by atoms with van der Waals surface area (Å²) in [7, 11) is 2.93. The Balaban J connectivity index is 1.77. The van der Waals surface area contributed by atoms with Crippen LogP contribution in [0.2, 0.25) is 0 Å². The molecule has 34 heavy (non-hydrogen) atoms. The number of aryl methyl sites for hydroxylation is 1. The molecule has 0 unspecified atom stereocenters. The Bertz CT molecular complexity index is 1240. The maximum absolute atomic E-state index is 12.5. The van der Waals surface area contributed by atoms with Crippen molar-refractivity contribution in [1.29, 1.82) is 0 Å². The van der Waals surface area contributed by atoms with E-state index in [2.05, 4.69) is 55.6 Å². The molecule has 6 heteroatoms. The molecule has 1 N–H and O–H groups in total. The van der Waals surface area contributed by atoms with E-state index in [1.807, 2.05) is 17.0 Å². The van der Waals surface area contributed by atoms with Crippen molar-refractivity contribution in [2.45, 2.75) is 39.3 Å². The number of hydrogen-bond donors (Lipinski definition) is 1. The summed E-state index contributed by atoms with van der Waals surface area (Å²) in [5, 5.41) is 3.61. The Labute approximate surface area is 200 Å². The Hall–Kier alpha value is -3.80. The number of nitrogens with one attached hydrogen (secondary N) is 1. The van der Waals surface area contributed by atoms with E-state index in [1.165, 1.54) is 12.7 Å². The summed E-state index contributed by atoms with van der Waals surface area (Å²) >= 11 is 0. The fourth-order valence-corrected chi connectivity index (χ4v) is 4.73. The van der Waals surface area contributed by atoms with Gasteiger partial charge in [-0.1, -0.05) is 35.9 Å². The van der Waals surface area contributed by atoms with Gasteiger partial charge >= 0.3 is 5.97 Å². The lowest BCUT2D eigenvalue weighted by atomic mass is 9.88. The average molecular weight is 459 g/mol. The van der Waals surface area contributed by atoms with Crippen molar-refractivity contribution in [2.75, 3.05) is 24.4 Å². The highest BCUT2D eigenvalue weighted by molar-refractivity contribution is 5.94. The molecule has 0 aromatic heterocycles. The van der Waals surface area contributed by atoms with E-state index in [0.29, 0.717) is 11.3 Å². The number of nitrogens with zero attached hydrogens (tertiary/aromatic N) is 1. The molecule has 0 saturated heterocycles. The van der Waals surface area contributed by atoms with Crippen LogP contribution >= 0.6 is 0 Å². The standard InChI is InChI=1S/C28H30N2O4/c1-17-7-6-8-20(13-17)21-10-12-26-23(15-21)25(14-18(2)30(26)19(3)31)29-24-11-9-22(28(32)34-5)16-27(24)33-4/h6-13,15-16,18,25,29H,14H2,1-5H3/t18-,25+/m0/s1. The molecule has 4 rings (SSSR count). The molecule has 176 valence electrons. The lowest BCUT2D eigenvalue weighted by Gasteiger charge is -2.40. The van der Waals surface area contributed by atoms with E-state index in [-0.39, 0.29) is 18.0 Å². The molecule has 6 nitrogen and oxygen atoms in total. The van der Waals surface area contributed by atoms with Crippen molar-refractivity contribution in [3.05, 3.63) is 77.4 Å². The Morgan fingerprint density at radius 3 is 2.44 bits per heavy atom. The number of anilines is 2. The van der Waals surface area contributed by atoms with Crippen molar-refractivity contribution >= 4 is 23.3 Å². The second-order valence-electron chi connectivity index (χ2n) is 8.72. The van der Waals surface area contributed by atoms with E-state index in [0.717, 1.165) is 34.5 Å². The second kappa shape index (κ2) is 9.59. The number of esters is 1. The molecular formula is C28H30N2O4. The fraction of sp³-hybridized carbons (Fsp3) is 0.286. The Morgan fingerprint density at radius 2 is 1.76 bits per heavy atom. The number of fused-ring (bicyclic) bond motifs is 1. The highest BCUT2D eigenvalue weighted by Gasteiger charge is 2.33. The van der Waals surface area contributed by atoms with E-state index in [9.17, 15) is 9.59 Å². The van der Waals surface area contributed by atoms with Gasteiger partial charge in [0, 0.05) is 18.7 Å². The van der Waals surface area contributed by atoms with Crippen LogP contribution in [-0.2, 0) is 9.53 Å². The van der Waals surface area contributed by atoms with Crippen LogP contribution in [0.25, 0.3) is 11.1 Å². The predicted molar refractivity (Wildman–Crippen MR) is 135 cm³/mol. The van der Waals surface area contributed by atoms with Gasteiger partial charge in [-0.25, -0.2) is 4.79 Å². The molecule has 2 atom stereocenters. The van der Waals surface area contributed by atoms with E-state index in [1.54, 1.807) is 26.2 Å². The molecule has 0 radical (unpaired) electrons. The van der Waals surface area contributed by atoms with E-state index in [4.69, 9.17) is 9.47 Å². The molecule has 1 aliphatic heterocycles. The van der Waals surface area contributed by atoms with Crippen LogP contribution in [0.15, 0.2) is 60.7 Å². The first kappa shape index (κ1) is 23.4. The summed E-state index contributed by atoms with van der Waals surface area (Å²) in [6.45, 7) is 5.75. The van der Waals surface area contributed by atoms with Crippen molar-refractivity contribution in [1.82, 2.24) is 0 Å². The monoisotopic (exact) mass is 458 g/mol. The number of amides is 1. The Kier molecular flexibility index (Phi) is 6.59. The molecule has 1 amide bonds. The number of rotatable bonds is 5. The molecule has 3 aromatic rings. The van der Waals surface area contributed by atoms with Gasteiger partial charge in [0.2, 0.25) is 5.91 Å². The normalized spacial score (nSPS) is 17.0. The highest BCUT2D eigenvalue weighted by Crippen LogP contribution is 2.42. The topological polar surface area (TPSA) is 67.9 Å². The predicted octanol–water partition coefficient (Wildman–Crippen LogP) is 5.76. The SMILES string of the molecule is COC(=O)c1ccc(N[C@@H]2C[C@H](C)N(C(C)=O)c3ccc(-c4cccc(C)c4)cc32)c(OC)c1. The number of carbonyl (C=O) groups excluding carboxylic acids is 2. The van der Waals surface area contributed by atoms with Gasteiger partial charge in [-0.2, -0.15) is 0 Å². The summed E-state index contributed by atoms with van der Waals surface area (Å²) in [5.41, 5.74) is 6.58. The van der Waals surface area contributed by atoms with Gasteiger partial charge in [0.15, 0.2) is 0 Å². The van der Waals surface area contributed by atoms with Crippen LogP contribution in [-0.4, -0.2) is 32.1 Å². The van der Waals surface area contributed by atoms with Crippen LogP contribution in [0.4, 0.5) is 11.4 Å². The van der Waals surface area contributed by atoms with Gasteiger partial charge in [-0.3, -0.25) is 4.79 Å². The largest absolute Gasteiger partial charge is 0.495 e. The van der Waals surface area contributed by atoms with Crippen LogP contribution in [0.5, 0.6) is 5.75 Å². The summed E-state index contributed by atoms with van der Waals surface area (Å²) in [5.74, 6) is 0.165. The van der Waals surface area contributed by atoms with Gasteiger partial charge in [0.1, 0.15) is 5.75 Å². The van der Waals surface area contributed by atoms with E-state index < -0.39 is 5.97 Å². The lowest BCUT2D eigenvalue weighted by Crippen LogP contribution is -2.43. The van der Waals surface area contributed by atoms with Gasteiger partial charge in [-0.05, 0) is 67.3 Å². The van der Waals surface area contributed by atoms with Crippen LogP contribution in [0.3, 0.4) is 0 Å². The first-order valence-electron chi connectivity index (χ1n) is 11.4. The number of benzene rings is 3. The van der Waals surface area contributed by atoms with Crippen LogP contribution < -0.4 is 15.0 Å². The smallest absolute Gasteiger partial charge is 0.337 e. The number of methoxy groups -OCH3 is 2. The average Bonchev–Trinajstić information content (AvgIpc) is 2.83. The van der Waals surface area contributed by atoms with Gasteiger partial charge in [0.05, 0.1) is 31.5 Å². The van der Waals surface area contributed by atoms with Gasteiger partial charge in [-0.15, -0.1) is 0 Å². The third-order valence-electron chi connectivity index (χ3n) is 6.32. The summed E-state index contributed by atoms with van der Waals surface area (Å²) in [6, 6.07) is 19.9. The fourth-order valence-electron chi connectivity index (χ4n) is 4.73. The molecule has 1 aliphatic rings. The molecule has 0 bridgehead atoms. The minimum atomic E-state index is -0.415. The van der Waals surface area contributed by atoms with Crippen LogP contribution in [0, 0.1) is 6.92 Å². The lowest BCUT2D eigenvalue weighted by molar-refractivity contribution is -0.117. The third-order valence-corrected chi connectivity index (χ3v) is 6.32. The first-order valence-corrected chi connectivity index (χ1v) is 11.4. The summed E-state index contributed by atoms with van der Waals surface area (Å²) in [6.07, 6.45) is 0.728. The minimum absolute atomic E-state index is 0.0210. The highest BCUT2D eigenvalue weighted by atomic mass is 16.5. The van der Waals surface area contributed by atoms with Crippen molar-refractivity contribution in [2.24, 2.45) is 0 Å². The Morgan fingerprint density at radius 1 is 1.00 bits per heavy atom. The quantitative estimate of drug-likeness (QED) is 0.493. The minimum Gasteiger partial charge on any atom is -0.495 e. The zero-order valence-corrected chi connectivity index (χ0v) is 20.2. The number of carbonyl (C=O) groups is 2. The number of ether oxygens (including phenoxy) is 2. The van der Waals surface area contributed by atoms with Crippen LogP contribution in [0.1, 0.15) is 47.8 Å². The van der Waals surface area contributed by atoms with E-state index >= 15 is 0 Å². The van der Waals surface area contributed by atoms with Crippen molar-refractivity contribution in [3.8, 4) is 16.9 Å². The van der Waals surface area contributed by atoms with Crippen molar-refractivity contribution < 1.29 is 19.1 Å². The van der Waals surface area contributed by atoms with Gasteiger partial charge < -0.3 is 19.7 Å². The third kappa shape index (κ3) is 4.49. The molecule has 0 fully saturated rings. The first-order chi connectivity index (χ1) is 16.3. The molecule has 1 heterocycles. The summed E-state index contributed by atoms with van der Waals surface area (Å²) in [4.78, 5) is 26.3. The zero-order valence-electron chi connectivity index (χ0n) is 20.2. The molecular weight excluding hydrogens is 428 g/mol. The van der Waals surface area contributed by atoms with Crippen molar-refractivity contribution in [3.63, 3.8) is 0 Å². The maximum atomic E-state index is 12.5.